The fourth-order valence-corrected chi connectivity index (χ4v) is 5.14. The van der Waals surface area contributed by atoms with Crippen LogP contribution in [-0.4, -0.2) is 34.5 Å². The Bertz CT molecular complexity index is 1300. The van der Waals surface area contributed by atoms with Crippen LogP contribution in [0.3, 0.4) is 0 Å². The summed E-state index contributed by atoms with van der Waals surface area (Å²) in [6.45, 7) is 0.508. The Hall–Kier alpha value is -3.47. The number of hydrogen-bond acceptors (Lipinski definition) is 4. The van der Waals surface area contributed by atoms with Crippen molar-refractivity contribution >= 4 is 39.9 Å². The van der Waals surface area contributed by atoms with Crippen molar-refractivity contribution in [2.24, 2.45) is 0 Å². The van der Waals surface area contributed by atoms with Gasteiger partial charge in [0.1, 0.15) is 0 Å². The molecule has 0 radical (unpaired) electrons. The fraction of sp³-hybridized carbons (Fsp3) is 0.160. The van der Waals surface area contributed by atoms with Crippen molar-refractivity contribution in [2.45, 2.75) is 22.8 Å². The van der Waals surface area contributed by atoms with Crippen molar-refractivity contribution in [1.29, 1.82) is 5.26 Å². The molecule has 1 unspecified atom stereocenters. The number of amides is 2. The van der Waals surface area contributed by atoms with Gasteiger partial charge in [0, 0.05) is 24.2 Å². The number of benzene rings is 3. The number of fused-ring (bicyclic) bond motifs is 2. The lowest BCUT2D eigenvalue weighted by Crippen LogP contribution is -2.31. The molecule has 166 valence electrons. The lowest BCUT2D eigenvalue weighted by Gasteiger charge is -2.24. The van der Waals surface area contributed by atoms with Crippen molar-refractivity contribution in [3.63, 3.8) is 0 Å². The zero-order valence-electron chi connectivity index (χ0n) is 17.8. The highest BCUT2D eigenvalue weighted by molar-refractivity contribution is 7.85. The molecule has 8 heteroatoms. The van der Waals surface area contributed by atoms with Gasteiger partial charge in [0.05, 0.1) is 50.9 Å². The number of anilines is 1. The van der Waals surface area contributed by atoms with Crippen LogP contribution in [0.5, 0.6) is 0 Å². The fourth-order valence-electron chi connectivity index (χ4n) is 3.67. The van der Waals surface area contributed by atoms with Gasteiger partial charge in [-0.3, -0.25) is 9.59 Å². The highest BCUT2D eigenvalue weighted by atomic mass is 35.5. The number of carbonyl (C=O) groups is 2. The molecule has 1 aliphatic heterocycles. The Balaban J connectivity index is 1.83. The van der Waals surface area contributed by atoms with E-state index in [2.05, 4.69) is 0 Å². The summed E-state index contributed by atoms with van der Waals surface area (Å²) in [6, 6.07) is 20.9. The van der Waals surface area contributed by atoms with Gasteiger partial charge in [-0.15, -0.1) is 0 Å². The van der Waals surface area contributed by atoms with Crippen molar-refractivity contribution in [3.05, 3.63) is 88.4 Å². The van der Waals surface area contributed by atoms with E-state index in [1.54, 1.807) is 66.5 Å². The molecule has 6 nitrogen and oxygen atoms in total. The molecule has 0 bridgehead atoms. The van der Waals surface area contributed by atoms with E-state index in [9.17, 15) is 13.8 Å². The molecule has 0 aliphatic carbocycles. The van der Waals surface area contributed by atoms with Gasteiger partial charge in [0.25, 0.3) is 11.8 Å². The molecule has 3 aromatic rings. The summed E-state index contributed by atoms with van der Waals surface area (Å²) in [5.74, 6) is -0.574. The number of rotatable bonds is 5. The maximum Gasteiger partial charge on any atom is 0.259 e. The van der Waals surface area contributed by atoms with Gasteiger partial charge in [0.15, 0.2) is 0 Å². The Kier molecular flexibility index (Phi) is 6.59. The van der Waals surface area contributed by atoms with Crippen LogP contribution in [0.4, 0.5) is 5.69 Å². The van der Waals surface area contributed by atoms with Crippen LogP contribution in [-0.2, 0) is 17.3 Å². The van der Waals surface area contributed by atoms with E-state index in [1.807, 2.05) is 18.2 Å². The Morgan fingerprint density at radius 2 is 1.82 bits per heavy atom. The molecule has 0 saturated carbocycles. The third-order valence-corrected chi connectivity index (χ3v) is 7.17. The normalized spacial score (nSPS) is 14.6. The molecular weight excluding hydrogens is 458 g/mol. The molecule has 2 amide bonds. The minimum absolute atomic E-state index is 0.216. The molecule has 0 aromatic heterocycles. The van der Waals surface area contributed by atoms with Gasteiger partial charge in [-0.25, -0.2) is 4.21 Å². The molecule has 0 N–H and O–H groups in total. The summed E-state index contributed by atoms with van der Waals surface area (Å²) in [7, 11) is 0.0219. The first-order valence-corrected chi connectivity index (χ1v) is 11.8. The van der Waals surface area contributed by atoms with E-state index in [0.29, 0.717) is 31.6 Å². The summed E-state index contributed by atoms with van der Waals surface area (Å²) in [4.78, 5) is 30.4. The van der Waals surface area contributed by atoms with Crippen LogP contribution in [0, 0.1) is 11.3 Å². The molecule has 0 spiro atoms. The molecule has 1 heterocycles. The van der Waals surface area contributed by atoms with E-state index < -0.39 is 10.8 Å². The molecule has 0 fully saturated rings. The summed E-state index contributed by atoms with van der Waals surface area (Å²) < 4.78 is 13.5. The standard InChI is InChI=1S/C25H20ClN3O3S/c1-28(14-4-13-27)24(30)18-9-12-23-21(15-18)29(16-17-7-10-19(26)11-8-17)25(31)20-5-2-3-6-22(20)33(23)32/h2-3,5-12,15H,4,14,16H2,1H3. The first kappa shape index (κ1) is 22.7. The summed E-state index contributed by atoms with van der Waals surface area (Å²) >= 11 is 6.01. The number of nitriles is 1. The molecule has 1 atom stereocenters. The van der Waals surface area contributed by atoms with Crippen molar-refractivity contribution in [2.75, 3.05) is 18.5 Å². The average Bonchev–Trinajstić information content (AvgIpc) is 2.92. The van der Waals surface area contributed by atoms with Gasteiger partial charge in [-0.05, 0) is 48.0 Å². The summed E-state index contributed by atoms with van der Waals surface area (Å²) in [5.41, 5.74) is 1.97. The van der Waals surface area contributed by atoms with Gasteiger partial charge in [0.2, 0.25) is 0 Å². The second kappa shape index (κ2) is 9.57. The van der Waals surface area contributed by atoms with E-state index in [-0.39, 0.29) is 31.3 Å². The van der Waals surface area contributed by atoms with Crippen LogP contribution < -0.4 is 4.90 Å². The SMILES string of the molecule is CN(CCC#N)C(=O)c1ccc2c(c1)N(Cc1ccc(Cl)cc1)C(=O)c1ccccc1S2=O. The van der Waals surface area contributed by atoms with Crippen molar-refractivity contribution < 1.29 is 13.8 Å². The molecule has 33 heavy (non-hydrogen) atoms. The van der Waals surface area contributed by atoms with Gasteiger partial charge in [-0.1, -0.05) is 35.9 Å². The van der Waals surface area contributed by atoms with Crippen molar-refractivity contribution in [3.8, 4) is 6.07 Å². The smallest absolute Gasteiger partial charge is 0.259 e. The number of halogens is 1. The van der Waals surface area contributed by atoms with Gasteiger partial charge >= 0.3 is 0 Å². The maximum atomic E-state index is 13.6. The molecule has 3 aromatic carbocycles. The van der Waals surface area contributed by atoms with Crippen molar-refractivity contribution in [1.82, 2.24) is 4.90 Å². The van der Waals surface area contributed by atoms with Crippen LogP contribution in [0.2, 0.25) is 5.02 Å². The Morgan fingerprint density at radius 1 is 1.09 bits per heavy atom. The lowest BCUT2D eigenvalue weighted by atomic mass is 10.1. The average molecular weight is 478 g/mol. The predicted molar refractivity (Wildman–Crippen MR) is 127 cm³/mol. The summed E-state index contributed by atoms with van der Waals surface area (Å²) in [6.07, 6.45) is 0.216. The third kappa shape index (κ3) is 4.54. The minimum atomic E-state index is -1.60. The van der Waals surface area contributed by atoms with Crippen LogP contribution >= 0.6 is 11.6 Å². The number of carbonyl (C=O) groups excluding carboxylic acids is 2. The monoisotopic (exact) mass is 477 g/mol. The largest absolute Gasteiger partial charge is 0.341 e. The second-order valence-corrected chi connectivity index (χ2v) is 9.45. The first-order valence-electron chi connectivity index (χ1n) is 10.2. The quantitative estimate of drug-likeness (QED) is 0.535. The van der Waals surface area contributed by atoms with Gasteiger partial charge in [-0.2, -0.15) is 5.26 Å². The first-order chi connectivity index (χ1) is 15.9. The van der Waals surface area contributed by atoms with Crippen LogP contribution in [0.25, 0.3) is 0 Å². The maximum absolute atomic E-state index is 13.6. The minimum Gasteiger partial charge on any atom is -0.341 e. The molecular formula is C25H20ClN3O3S. The van der Waals surface area contributed by atoms with Crippen LogP contribution in [0.1, 0.15) is 32.7 Å². The second-order valence-electron chi connectivity index (χ2n) is 7.60. The van der Waals surface area contributed by atoms with E-state index >= 15 is 0 Å². The number of nitrogens with zero attached hydrogens (tertiary/aromatic N) is 3. The van der Waals surface area contributed by atoms with E-state index in [4.69, 9.17) is 16.9 Å². The van der Waals surface area contributed by atoms with Gasteiger partial charge < -0.3 is 9.80 Å². The molecule has 4 rings (SSSR count). The third-order valence-electron chi connectivity index (χ3n) is 5.42. The zero-order chi connectivity index (χ0) is 23.5. The molecule has 0 saturated heterocycles. The lowest BCUT2D eigenvalue weighted by molar-refractivity contribution is 0.0797. The van der Waals surface area contributed by atoms with Crippen LogP contribution in [0.15, 0.2) is 76.5 Å². The Labute approximate surface area is 199 Å². The summed E-state index contributed by atoms with van der Waals surface area (Å²) in [5, 5.41) is 9.40. The highest BCUT2D eigenvalue weighted by Gasteiger charge is 2.31. The number of hydrogen-bond donors (Lipinski definition) is 0. The zero-order valence-corrected chi connectivity index (χ0v) is 19.4. The Morgan fingerprint density at radius 3 is 2.55 bits per heavy atom. The molecule has 1 aliphatic rings. The highest BCUT2D eigenvalue weighted by Crippen LogP contribution is 2.36. The van der Waals surface area contributed by atoms with E-state index in [0.717, 1.165) is 5.56 Å². The predicted octanol–water partition coefficient (Wildman–Crippen LogP) is 4.65. The topological polar surface area (TPSA) is 81.5 Å². The van der Waals surface area contributed by atoms with E-state index in [1.165, 1.54) is 4.90 Å².